The first-order valence-corrected chi connectivity index (χ1v) is 9.78. The number of amides is 1. The average molecular weight is 384 g/mol. The monoisotopic (exact) mass is 384 g/mol. The fourth-order valence-electron chi connectivity index (χ4n) is 3.68. The van der Waals surface area contributed by atoms with Crippen LogP contribution < -0.4 is 11.1 Å². The first-order chi connectivity index (χ1) is 13.1. The summed E-state index contributed by atoms with van der Waals surface area (Å²) in [6.07, 6.45) is 2.03. The highest BCUT2D eigenvalue weighted by atomic mass is 32.1. The maximum atomic E-state index is 14.0. The molecule has 7 heteroatoms. The highest BCUT2D eigenvalue weighted by Gasteiger charge is 2.28. The van der Waals surface area contributed by atoms with Gasteiger partial charge in [-0.3, -0.25) is 9.69 Å². The molecular formula is C20H21FN4OS. The largest absolute Gasteiger partial charge is 0.397 e. The van der Waals surface area contributed by atoms with Crippen LogP contribution in [0.15, 0.2) is 36.4 Å². The number of benzene rings is 1. The highest BCUT2D eigenvalue weighted by Crippen LogP contribution is 2.37. The van der Waals surface area contributed by atoms with Gasteiger partial charge in [-0.25, -0.2) is 9.37 Å². The summed E-state index contributed by atoms with van der Waals surface area (Å²) in [5.74, 6) is -0.369. The number of nitrogens with two attached hydrogens (primary N) is 1. The summed E-state index contributed by atoms with van der Waals surface area (Å²) >= 11 is 1.31. The van der Waals surface area contributed by atoms with Crippen molar-refractivity contribution in [3.8, 4) is 0 Å². The Balaban J connectivity index is 1.64. The first-order valence-electron chi connectivity index (χ1n) is 8.97. The van der Waals surface area contributed by atoms with Crippen LogP contribution >= 0.6 is 11.3 Å². The summed E-state index contributed by atoms with van der Waals surface area (Å²) in [6.45, 7) is 1.47. The number of pyridine rings is 1. The quantitative estimate of drug-likeness (QED) is 0.719. The lowest BCUT2D eigenvalue weighted by Gasteiger charge is -2.24. The lowest BCUT2D eigenvalue weighted by atomic mass is 10.1. The van der Waals surface area contributed by atoms with Gasteiger partial charge in [-0.2, -0.15) is 0 Å². The molecule has 0 saturated carbocycles. The Hall–Kier alpha value is -2.51. The second-order valence-corrected chi connectivity index (χ2v) is 7.73. The van der Waals surface area contributed by atoms with Crippen LogP contribution in [-0.4, -0.2) is 29.4 Å². The predicted octanol–water partition coefficient (Wildman–Crippen LogP) is 3.71. The Labute approximate surface area is 161 Å². The van der Waals surface area contributed by atoms with Gasteiger partial charge in [0.15, 0.2) is 0 Å². The second-order valence-electron chi connectivity index (χ2n) is 6.73. The van der Waals surface area contributed by atoms with Gasteiger partial charge in [-0.05, 0) is 37.6 Å². The van der Waals surface area contributed by atoms with Crippen molar-refractivity contribution >= 4 is 33.1 Å². The molecule has 3 aromatic rings. The first kappa shape index (κ1) is 17.9. The van der Waals surface area contributed by atoms with Crippen LogP contribution in [0.4, 0.5) is 10.1 Å². The molecule has 1 aromatic carbocycles. The molecule has 0 aliphatic carbocycles. The lowest BCUT2D eigenvalue weighted by molar-refractivity contribution is 0.0968. The topological polar surface area (TPSA) is 71.2 Å². The van der Waals surface area contributed by atoms with Crippen molar-refractivity contribution in [2.24, 2.45) is 0 Å². The number of halogens is 1. The number of fused-ring (bicyclic) bond motifs is 1. The summed E-state index contributed by atoms with van der Waals surface area (Å²) < 4.78 is 14.0. The van der Waals surface area contributed by atoms with Crippen LogP contribution in [0.25, 0.3) is 10.2 Å². The molecule has 3 N–H and O–H groups in total. The molecule has 3 heterocycles. The van der Waals surface area contributed by atoms with E-state index in [1.54, 1.807) is 13.1 Å². The molecule has 1 saturated heterocycles. The molecule has 0 spiro atoms. The molecule has 1 aliphatic rings. The number of hydrogen-bond donors (Lipinski definition) is 2. The van der Waals surface area contributed by atoms with E-state index >= 15 is 0 Å². The smallest absolute Gasteiger partial charge is 0.263 e. The van der Waals surface area contributed by atoms with E-state index in [1.165, 1.54) is 17.4 Å². The number of carbonyl (C=O) groups is 1. The highest BCUT2D eigenvalue weighted by molar-refractivity contribution is 7.21. The van der Waals surface area contributed by atoms with E-state index in [9.17, 15) is 9.18 Å². The number of anilines is 1. The number of thiophene rings is 1. The van der Waals surface area contributed by atoms with Crippen LogP contribution in [0, 0.1) is 5.82 Å². The summed E-state index contributed by atoms with van der Waals surface area (Å²) in [5, 5.41) is 3.42. The van der Waals surface area contributed by atoms with E-state index in [1.807, 2.05) is 24.3 Å². The standard InChI is InChI=1S/C20H21FN4OS/c1-23-19(26)18-17(22)13-8-9-15(24-20(13)27-18)16-7-4-10-25(16)11-12-5-2-3-6-14(12)21/h2-3,5-6,8-9,16H,4,7,10-11,22H2,1H3,(H,23,26)/t16-/m0/s1. The average Bonchev–Trinajstić information content (AvgIpc) is 3.27. The molecule has 27 heavy (non-hydrogen) atoms. The molecule has 1 fully saturated rings. The molecule has 4 rings (SSSR count). The predicted molar refractivity (Wildman–Crippen MR) is 106 cm³/mol. The van der Waals surface area contributed by atoms with E-state index in [0.29, 0.717) is 22.7 Å². The summed E-state index contributed by atoms with van der Waals surface area (Å²) in [6, 6.07) is 11.0. The number of nitrogens with zero attached hydrogens (tertiary/aromatic N) is 2. The number of aromatic nitrogens is 1. The van der Waals surface area contributed by atoms with Crippen molar-refractivity contribution in [1.82, 2.24) is 15.2 Å². The Morgan fingerprint density at radius 3 is 2.96 bits per heavy atom. The molecule has 1 aliphatic heterocycles. The van der Waals surface area contributed by atoms with Crippen LogP contribution in [0.1, 0.15) is 39.8 Å². The molecule has 2 aromatic heterocycles. The molecule has 1 amide bonds. The lowest BCUT2D eigenvalue weighted by Crippen LogP contribution is -2.24. The number of rotatable bonds is 4. The molecule has 0 unspecified atom stereocenters. The van der Waals surface area contributed by atoms with E-state index in [4.69, 9.17) is 10.7 Å². The van der Waals surface area contributed by atoms with Crippen molar-refractivity contribution in [3.63, 3.8) is 0 Å². The maximum Gasteiger partial charge on any atom is 0.263 e. The fourth-order valence-corrected chi connectivity index (χ4v) is 4.72. The van der Waals surface area contributed by atoms with Gasteiger partial charge in [0.2, 0.25) is 0 Å². The minimum absolute atomic E-state index is 0.140. The maximum absolute atomic E-state index is 14.0. The van der Waals surface area contributed by atoms with Crippen LogP contribution in [0.3, 0.4) is 0 Å². The molecular weight excluding hydrogens is 363 g/mol. The van der Waals surface area contributed by atoms with Gasteiger partial charge < -0.3 is 11.1 Å². The van der Waals surface area contributed by atoms with Crippen molar-refractivity contribution in [1.29, 1.82) is 0 Å². The minimum Gasteiger partial charge on any atom is -0.397 e. The van der Waals surface area contributed by atoms with Gasteiger partial charge in [0.1, 0.15) is 15.5 Å². The molecule has 0 bridgehead atoms. The van der Waals surface area contributed by atoms with Crippen LogP contribution in [0.2, 0.25) is 0 Å². The van der Waals surface area contributed by atoms with Crippen molar-refractivity contribution in [2.45, 2.75) is 25.4 Å². The van der Waals surface area contributed by atoms with Gasteiger partial charge >= 0.3 is 0 Å². The van der Waals surface area contributed by atoms with Crippen molar-refractivity contribution in [3.05, 3.63) is 58.3 Å². The zero-order valence-corrected chi connectivity index (χ0v) is 15.9. The Kier molecular flexibility index (Phi) is 4.80. The van der Waals surface area contributed by atoms with Gasteiger partial charge in [0, 0.05) is 24.5 Å². The third kappa shape index (κ3) is 3.28. The Morgan fingerprint density at radius 2 is 2.19 bits per heavy atom. The third-order valence-electron chi connectivity index (χ3n) is 5.08. The summed E-state index contributed by atoms with van der Waals surface area (Å²) in [7, 11) is 1.59. The number of carbonyl (C=O) groups excluding carboxylic acids is 1. The van der Waals surface area contributed by atoms with E-state index in [0.717, 1.165) is 35.3 Å². The SMILES string of the molecule is CNC(=O)c1sc2nc([C@@H]3CCCN3Cc3ccccc3F)ccc2c1N. The summed E-state index contributed by atoms with van der Waals surface area (Å²) in [5.41, 5.74) is 8.24. The normalized spacial score (nSPS) is 17.5. The van der Waals surface area contributed by atoms with Gasteiger partial charge in [0.05, 0.1) is 17.4 Å². The fraction of sp³-hybridized carbons (Fsp3) is 0.300. The Bertz CT molecular complexity index is 1000. The molecule has 1 atom stereocenters. The Morgan fingerprint density at radius 1 is 1.37 bits per heavy atom. The van der Waals surface area contributed by atoms with Crippen molar-refractivity contribution < 1.29 is 9.18 Å². The van der Waals surface area contributed by atoms with Gasteiger partial charge in [-0.15, -0.1) is 11.3 Å². The minimum atomic E-state index is -0.195. The number of likely N-dealkylation sites (tertiary alicyclic amines) is 1. The van der Waals surface area contributed by atoms with Crippen LogP contribution in [-0.2, 0) is 6.54 Å². The zero-order chi connectivity index (χ0) is 19.0. The molecule has 5 nitrogen and oxygen atoms in total. The number of nitrogen functional groups attached to an aromatic ring is 1. The van der Waals surface area contributed by atoms with Crippen LogP contribution in [0.5, 0.6) is 0 Å². The van der Waals surface area contributed by atoms with Gasteiger partial charge in [-0.1, -0.05) is 18.2 Å². The van der Waals surface area contributed by atoms with E-state index < -0.39 is 0 Å². The van der Waals surface area contributed by atoms with E-state index in [2.05, 4.69) is 10.2 Å². The summed E-state index contributed by atoms with van der Waals surface area (Å²) in [4.78, 5) is 20.3. The second kappa shape index (κ2) is 7.25. The van der Waals surface area contributed by atoms with E-state index in [-0.39, 0.29) is 17.8 Å². The number of nitrogens with one attached hydrogen (secondary N) is 1. The molecule has 0 radical (unpaired) electrons. The van der Waals surface area contributed by atoms with Gasteiger partial charge in [0.25, 0.3) is 5.91 Å². The third-order valence-corrected chi connectivity index (χ3v) is 6.20. The number of hydrogen-bond acceptors (Lipinski definition) is 5. The van der Waals surface area contributed by atoms with Crippen molar-refractivity contribution in [2.75, 3.05) is 19.3 Å². The molecule has 140 valence electrons. The zero-order valence-electron chi connectivity index (χ0n) is 15.0.